The van der Waals surface area contributed by atoms with Crippen LogP contribution in [0.1, 0.15) is 24.1 Å². The third-order valence-corrected chi connectivity index (χ3v) is 2.01. The molecule has 0 atom stereocenters. The highest BCUT2D eigenvalue weighted by molar-refractivity contribution is 5.44. The minimum absolute atomic E-state index is 0.315. The first-order valence-corrected chi connectivity index (χ1v) is 4.33. The topological polar surface area (TPSA) is 45.9 Å². The first kappa shape index (κ1) is 8.06. The maximum Gasteiger partial charge on any atom is 0.158 e. The van der Waals surface area contributed by atoms with Crippen molar-refractivity contribution in [2.24, 2.45) is 0 Å². The second-order valence-electron chi connectivity index (χ2n) is 3.20. The van der Waals surface area contributed by atoms with Gasteiger partial charge in [0.1, 0.15) is 6.07 Å². The molecule has 0 spiro atoms. The SMILES string of the molecule is Cc1nccc(C#N)c1OC1CC1. The summed E-state index contributed by atoms with van der Waals surface area (Å²) in [5, 5.41) is 8.82. The lowest BCUT2D eigenvalue weighted by Gasteiger charge is -2.07. The Hall–Kier alpha value is -1.56. The fraction of sp³-hybridized carbons (Fsp3) is 0.400. The lowest BCUT2D eigenvalue weighted by molar-refractivity contribution is 0.298. The van der Waals surface area contributed by atoms with Crippen LogP contribution in [-0.2, 0) is 0 Å². The van der Waals surface area contributed by atoms with E-state index in [2.05, 4.69) is 11.1 Å². The van der Waals surface area contributed by atoms with Gasteiger partial charge in [-0.1, -0.05) is 0 Å². The van der Waals surface area contributed by atoms with Crippen molar-refractivity contribution in [2.75, 3.05) is 0 Å². The molecule has 66 valence electrons. The molecule has 1 aromatic rings. The fourth-order valence-electron chi connectivity index (χ4n) is 1.14. The van der Waals surface area contributed by atoms with Crippen LogP contribution in [0.15, 0.2) is 12.3 Å². The molecule has 3 nitrogen and oxygen atoms in total. The third-order valence-electron chi connectivity index (χ3n) is 2.01. The Morgan fingerprint density at radius 2 is 2.38 bits per heavy atom. The van der Waals surface area contributed by atoms with Crippen molar-refractivity contribution in [2.45, 2.75) is 25.9 Å². The number of aryl methyl sites for hydroxylation is 1. The monoisotopic (exact) mass is 174 g/mol. The van der Waals surface area contributed by atoms with E-state index in [0.29, 0.717) is 17.4 Å². The number of nitrogens with zero attached hydrogens (tertiary/aromatic N) is 2. The van der Waals surface area contributed by atoms with Crippen LogP contribution in [0, 0.1) is 18.3 Å². The number of hydrogen-bond donors (Lipinski definition) is 0. The highest BCUT2D eigenvalue weighted by atomic mass is 16.5. The third kappa shape index (κ3) is 1.62. The van der Waals surface area contributed by atoms with Crippen molar-refractivity contribution in [3.8, 4) is 11.8 Å². The van der Waals surface area contributed by atoms with E-state index in [-0.39, 0.29) is 0 Å². The van der Waals surface area contributed by atoms with Crippen molar-refractivity contribution >= 4 is 0 Å². The zero-order valence-corrected chi connectivity index (χ0v) is 7.45. The number of aromatic nitrogens is 1. The molecule has 2 rings (SSSR count). The zero-order valence-electron chi connectivity index (χ0n) is 7.45. The Morgan fingerprint density at radius 3 is 3.00 bits per heavy atom. The molecular formula is C10H10N2O. The second-order valence-corrected chi connectivity index (χ2v) is 3.20. The van der Waals surface area contributed by atoms with Crippen LogP contribution in [0.3, 0.4) is 0 Å². The van der Waals surface area contributed by atoms with Crippen molar-refractivity contribution in [3.63, 3.8) is 0 Å². The summed E-state index contributed by atoms with van der Waals surface area (Å²) in [4.78, 5) is 4.09. The highest BCUT2D eigenvalue weighted by Crippen LogP contribution is 2.30. The summed E-state index contributed by atoms with van der Waals surface area (Å²) in [5.41, 5.74) is 1.38. The molecule has 0 N–H and O–H groups in total. The van der Waals surface area contributed by atoms with Gasteiger partial charge in [-0.15, -0.1) is 0 Å². The molecule has 1 fully saturated rings. The number of rotatable bonds is 2. The molecular weight excluding hydrogens is 164 g/mol. The lowest BCUT2D eigenvalue weighted by Crippen LogP contribution is -2.01. The molecule has 1 aromatic heterocycles. The van der Waals surface area contributed by atoms with E-state index in [1.807, 2.05) is 6.92 Å². The Bertz CT molecular complexity index is 364. The van der Waals surface area contributed by atoms with Gasteiger partial charge in [0.2, 0.25) is 0 Å². The van der Waals surface area contributed by atoms with Gasteiger partial charge in [-0.2, -0.15) is 5.26 Å². The molecule has 0 amide bonds. The molecule has 1 heterocycles. The van der Waals surface area contributed by atoms with Gasteiger partial charge >= 0.3 is 0 Å². The summed E-state index contributed by atoms with van der Waals surface area (Å²) in [5.74, 6) is 0.660. The molecule has 1 aliphatic rings. The van der Waals surface area contributed by atoms with Gasteiger partial charge in [0.25, 0.3) is 0 Å². The smallest absolute Gasteiger partial charge is 0.158 e. The van der Waals surface area contributed by atoms with Crippen molar-refractivity contribution in [1.82, 2.24) is 4.98 Å². The van der Waals surface area contributed by atoms with E-state index in [1.165, 1.54) is 0 Å². The molecule has 0 saturated heterocycles. The van der Waals surface area contributed by atoms with Crippen molar-refractivity contribution < 1.29 is 4.74 Å². The Kier molecular flexibility index (Phi) is 1.90. The highest BCUT2D eigenvalue weighted by Gasteiger charge is 2.25. The minimum Gasteiger partial charge on any atom is -0.487 e. The quantitative estimate of drug-likeness (QED) is 0.686. The van der Waals surface area contributed by atoms with E-state index in [1.54, 1.807) is 12.3 Å². The van der Waals surface area contributed by atoms with Gasteiger partial charge in [0.05, 0.1) is 17.4 Å². The summed E-state index contributed by atoms with van der Waals surface area (Å²) in [6.07, 6.45) is 4.14. The van der Waals surface area contributed by atoms with Crippen molar-refractivity contribution in [1.29, 1.82) is 5.26 Å². The standard InChI is InChI=1S/C10H10N2O/c1-7-10(13-9-2-3-9)8(6-11)4-5-12-7/h4-5,9H,2-3H2,1H3. The largest absolute Gasteiger partial charge is 0.487 e. The summed E-state index contributed by atoms with van der Waals surface area (Å²) in [7, 11) is 0. The van der Waals surface area contributed by atoms with Crippen molar-refractivity contribution in [3.05, 3.63) is 23.5 Å². The molecule has 0 radical (unpaired) electrons. The summed E-state index contributed by atoms with van der Waals surface area (Å²) in [6.45, 7) is 1.86. The number of nitriles is 1. The van der Waals surface area contributed by atoms with Gasteiger partial charge in [0, 0.05) is 6.20 Å². The van der Waals surface area contributed by atoms with Crippen LogP contribution in [0.5, 0.6) is 5.75 Å². The molecule has 0 unspecified atom stereocenters. The van der Waals surface area contributed by atoms with E-state index >= 15 is 0 Å². The van der Waals surface area contributed by atoms with Crippen LogP contribution in [0.25, 0.3) is 0 Å². The van der Waals surface area contributed by atoms with Crippen LogP contribution >= 0.6 is 0 Å². The van der Waals surface area contributed by atoms with E-state index in [0.717, 1.165) is 18.5 Å². The molecule has 0 aliphatic heterocycles. The van der Waals surface area contributed by atoms with E-state index < -0.39 is 0 Å². The average Bonchev–Trinajstić information content (AvgIpc) is 2.92. The average molecular weight is 174 g/mol. The van der Waals surface area contributed by atoms with Crippen LogP contribution in [0.4, 0.5) is 0 Å². The van der Waals surface area contributed by atoms with Gasteiger partial charge in [0.15, 0.2) is 5.75 Å². The Labute approximate surface area is 77.0 Å². The van der Waals surface area contributed by atoms with E-state index in [4.69, 9.17) is 10.00 Å². The second kappa shape index (κ2) is 3.06. The summed E-state index contributed by atoms with van der Waals surface area (Å²) in [6, 6.07) is 3.79. The molecule has 3 heteroatoms. The lowest BCUT2D eigenvalue weighted by atomic mass is 10.2. The maximum absolute atomic E-state index is 8.82. The number of ether oxygens (including phenoxy) is 1. The van der Waals surface area contributed by atoms with Gasteiger partial charge in [-0.05, 0) is 25.8 Å². The fourth-order valence-corrected chi connectivity index (χ4v) is 1.14. The zero-order chi connectivity index (χ0) is 9.26. The normalized spacial score (nSPS) is 15.1. The predicted octanol–water partition coefficient (Wildman–Crippen LogP) is 1.80. The summed E-state index contributed by atoms with van der Waals surface area (Å²) < 4.78 is 5.59. The molecule has 1 saturated carbocycles. The van der Waals surface area contributed by atoms with E-state index in [9.17, 15) is 0 Å². The molecule has 1 aliphatic carbocycles. The molecule has 0 bridgehead atoms. The number of pyridine rings is 1. The van der Waals surface area contributed by atoms with Gasteiger partial charge < -0.3 is 4.74 Å². The predicted molar refractivity (Wildman–Crippen MR) is 47.3 cm³/mol. The van der Waals surface area contributed by atoms with Crippen LogP contribution in [-0.4, -0.2) is 11.1 Å². The number of hydrogen-bond acceptors (Lipinski definition) is 3. The van der Waals surface area contributed by atoms with Crippen LogP contribution < -0.4 is 4.74 Å². The van der Waals surface area contributed by atoms with Gasteiger partial charge in [-0.3, -0.25) is 4.98 Å². The molecule has 13 heavy (non-hydrogen) atoms. The Balaban J connectivity index is 2.34. The summed E-state index contributed by atoms with van der Waals surface area (Å²) >= 11 is 0. The Morgan fingerprint density at radius 1 is 1.62 bits per heavy atom. The maximum atomic E-state index is 8.82. The van der Waals surface area contributed by atoms with Gasteiger partial charge in [-0.25, -0.2) is 0 Å². The first-order chi connectivity index (χ1) is 6.31. The molecule has 0 aromatic carbocycles. The minimum atomic E-state index is 0.315. The van der Waals surface area contributed by atoms with Crippen LogP contribution in [0.2, 0.25) is 0 Å². The first-order valence-electron chi connectivity index (χ1n) is 4.33.